The summed E-state index contributed by atoms with van der Waals surface area (Å²) in [5, 5.41) is 0. The first-order valence-electron chi connectivity index (χ1n) is 14.8. The Kier molecular flexibility index (Phi) is 20.9. The maximum absolute atomic E-state index is 12.2. The monoisotopic (exact) mass is 650 g/mol. The van der Waals surface area contributed by atoms with E-state index in [0.29, 0.717) is 13.0 Å². The number of hydrogen-bond donors (Lipinski definition) is 0. The van der Waals surface area contributed by atoms with Crippen molar-refractivity contribution < 1.29 is 57.1 Å². The smallest absolute Gasteiger partial charge is 0.330 e. The van der Waals surface area contributed by atoms with Crippen molar-refractivity contribution in [1.82, 2.24) is 0 Å². The van der Waals surface area contributed by atoms with E-state index in [0.717, 1.165) is 24.3 Å². The van der Waals surface area contributed by atoms with E-state index < -0.39 is 34.3 Å². The molecule has 0 N–H and O–H groups in total. The molecule has 0 aliphatic carbocycles. The van der Waals surface area contributed by atoms with Crippen LogP contribution in [-0.4, -0.2) is 101 Å². The van der Waals surface area contributed by atoms with Gasteiger partial charge in [0.05, 0.1) is 42.9 Å². The number of allylic oxidation sites excluding steroid dienone is 1. The maximum atomic E-state index is 12.2. The third-order valence-electron chi connectivity index (χ3n) is 6.68. The summed E-state index contributed by atoms with van der Waals surface area (Å²) in [6.07, 6.45) is 5.91. The van der Waals surface area contributed by atoms with Gasteiger partial charge in [-0.25, -0.2) is 14.4 Å². The maximum Gasteiger partial charge on any atom is 0.330 e. The summed E-state index contributed by atoms with van der Waals surface area (Å²) >= 11 is 0. The van der Waals surface area contributed by atoms with Crippen molar-refractivity contribution in [1.29, 1.82) is 0 Å². The lowest BCUT2D eigenvalue weighted by Crippen LogP contribution is -2.45. The molecule has 0 spiro atoms. The van der Waals surface area contributed by atoms with E-state index in [-0.39, 0.29) is 83.9 Å². The van der Waals surface area contributed by atoms with Crippen LogP contribution in [0.15, 0.2) is 63.3 Å². The Balaban J connectivity index is 6.32. The van der Waals surface area contributed by atoms with Gasteiger partial charge in [-0.3, -0.25) is 9.59 Å². The van der Waals surface area contributed by atoms with Crippen LogP contribution in [0.5, 0.6) is 0 Å². The highest BCUT2D eigenvalue weighted by atomic mass is 16.6. The highest BCUT2D eigenvalue weighted by molar-refractivity contribution is 5.90. The van der Waals surface area contributed by atoms with Crippen molar-refractivity contribution >= 4 is 29.5 Å². The van der Waals surface area contributed by atoms with Gasteiger partial charge in [0, 0.05) is 37.9 Å². The van der Waals surface area contributed by atoms with E-state index in [1.54, 1.807) is 0 Å². The summed E-state index contributed by atoms with van der Waals surface area (Å²) < 4.78 is 39.6. The fourth-order valence-corrected chi connectivity index (χ4v) is 3.91. The minimum atomic E-state index is -1.22. The molecule has 1 unspecified atom stereocenters. The number of ketones is 2. The van der Waals surface area contributed by atoms with Gasteiger partial charge in [0.2, 0.25) is 0 Å². The number of hydrogen-bond acceptors (Lipinski definition) is 12. The van der Waals surface area contributed by atoms with Gasteiger partial charge in [-0.05, 0) is 45.8 Å². The lowest BCUT2D eigenvalue weighted by molar-refractivity contribution is -0.162. The molecule has 0 amide bonds. The molecule has 0 aromatic rings. The van der Waals surface area contributed by atoms with E-state index >= 15 is 0 Å². The Labute approximate surface area is 272 Å². The molecule has 0 saturated heterocycles. The van der Waals surface area contributed by atoms with Crippen LogP contribution in [0.4, 0.5) is 0 Å². The first-order valence-corrected chi connectivity index (χ1v) is 14.8. The average molecular weight is 651 g/mol. The lowest BCUT2D eigenvalue weighted by Gasteiger charge is -2.36. The molecule has 12 heteroatoms. The first-order chi connectivity index (χ1) is 21.7. The van der Waals surface area contributed by atoms with Crippen LogP contribution in [0.1, 0.15) is 40.0 Å². The molecule has 12 nitrogen and oxygen atoms in total. The van der Waals surface area contributed by atoms with Crippen molar-refractivity contribution in [3.63, 3.8) is 0 Å². The summed E-state index contributed by atoms with van der Waals surface area (Å²) in [6.45, 7) is 22.0. The molecule has 0 bridgehead atoms. The third-order valence-corrected chi connectivity index (χ3v) is 6.68. The summed E-state index contributed by atoms with van der Waals surface area (Å²) in [7, 11) is 0. The van der Waals surface area contributed by atoms with Gasteiger partial charge in [0.1, 0.15) is 26.4 Å². The van der Waals surface area contributed by atoms with Crippen molar-refractivity contribution in [2.24, 2.45) is 10.8 Å². The van der Waals surface area contributed by atoms with Gasteiger partial charge in [-0.2, -0.15) is 0 Å². The number of ether oxygens (including phenoxy) is 7. The number of rotatable bonds is 29. The fraction of sp³-hybridized carbons (Fsp3) is 0.559. The van der Waals surface area contributed by atoms with Gasteiger partial charge in [-0.15, -0.1) is 0 Å². The van der Waals surface area contributed by atoms with Crippen LogP contribution >= 0.6 is 0 Å². The van der Waals surface area contributed by atoms with E-state index in [1.165, 1.54) is 6.08 Å². The van der Waals surface area contributed by atoms with Crippen molar-refractivity contribution in [3.8, 4) is 0 Å². The molecule has 0 aromatic heterocycles. The second-order valence-electron chi connectivity index (χ2n) is 11.3. The fourth-order valence-electron chi connectivity index (χ4n) is 3.91. The van der Waals surface area contributed by atoms with Crippen LogP contribution < -0.4 is 0 Å². The van der Waals surface area contributed by atoms with Crippen LogP contribution in [0.25, 0.3) is 0 Å². The highest BCUT2D eigenvalue weighted by Crippen LogP contribution is 2.29. The number of carbonyl (C=O) groups is 5. The standard InChI is InChI=1S/C34H50O12/c1-9-27(35)15-16-33(24-43-29(37)11-3,20-41-19-28(36)10-2)21-42-23-34(25-44-30(38)12-4,26-45-31(39)13-5)22-40-18-17-32(7,8)46-14-6/h9-13H,1-5,14-26H2,6-8H3. The molecule has 1 atom stereocenters. The quantitative estimate of drug-likeness (QED) is 0.0503. The summed E-state index contributed by atoms with van der Waals surface area (Å²) in [5.74, 6) is -2.80. The van der Waals surface area contributed by atoms with Crippen molar-refractivity contribution in [2.45, 2.75) is 45.6 Å². The number of carbonyl (C=O) groups excluding carboxylic acids is 5. The summed E-state index contributed by atoms with van der Waals surface area (Å²) in [4.78, 5) is 60.2. The molecule has 0 radical (unpaired) electrons. The second kappa shape index (κ2) is 22.7. The predicted molar refractivity (Wildman–Crippen MR) is 171 cm³/mol. The van der Waals surface area contributed by atoms with Gasteiger partial charge in [0.15, 0.2) is 11.6 Å². The molecule has 0 saturated carbocycles. The minimum absolute atomic E-state index is 0.00896. The number of esters is 3. The molecule has 46 heavy (non-hydrogen) atoms. The van der Waals surface area contributed by atoms with Crippen LogP contribution in [0.3, 0.4) is 0 Å². The molecule has 0 heterocycles. The zero-order valence-corrected chi connectivity index (χ0v) is 27.5. The SMILES string of the molecule is C=CC(=O)CCC(COCC(=O)C=C)(COCC(COCCC(C)(C)OCC)(COC(=O)C=C)COC(=O)C=C)COC(=O)C=C. The Bertz CT molecular complexity index is 1010. The zero-order valence-electron chi connectivity index (χ0n) is 27.5. The molecule has 0 rings (SSSR count). The van der Waals surface area contributed by atoms with E-state index in [2.05, 4.69) is 32.9 Å². The lowest BCUT2D eigenvalue weighted by atomic mass is 9.84. The Hall–Kier alpha value is -3.71. The Morgan fingerprint density at radius 2 is 1.02 bits per heavy atom. The third kappa shape index (κ3) is 18.3. The highest BCUT2D eigenvalue weighted by Gasteiger charge is 2.38. The molecular weight excluding hydrogens is 600 g/mol. The summed E-state index contributed by atoms with van der Waals surface area (Å²) in [6, 6.07) is 0. The molecule has 0 aliphatic heterocycles. The second-order valence-corrected chi connectivity index (χ2v) is 11.3. The van der Waals surface area contributed by atoms with E-state index in [1.807, 2.05) is 20.8 Å². The minimum Gasteiger partial charge on any atom is -0.462 e. The first kappa shape index (κ1) is 42.3. The Morgan fingerprint density at radius 1 is 0.565 bits per heavy atom. The van der Waals surface area contributed by atoms with Crippen LogP contribution in [-0.2, 0) is 57.1 Å². The van der Waals surface area contributed by atoms with Crippen molar-refractivity contribution in [2.75, 3.05) is 66.1 Å². The molecule has 0 aliphatic rings. The van der Waals surface area contributed by atoms with E-state index in [9.17, 15) is 24.0 Å². The molecule has 0 fully saturated rings. The topological polar surface area (TPSA) is 150 Å². The van der Waals surface area contributed by atoms with E-state index in [4.69, 9.17) is 33.2 Å². The van der Waals surface area contributed by atoms with Crippen molar-refractivity contribution in [3.05, 3.63) is 63.3 Å². The van der Waals surface area contributed by atoms with Gasteiger partial charge in [-0.1, -0.05) is 32.9 Å². The van der Waals surface area contributed by atoms with Gasteiger partial charge >= 0.3 is 17.9 Å². The molecular formula is C34H50O12. The van der Waals surface area contributed by atoms with Gasteiger partial charge in [0.25, 0.3) is 0 Å². The van der Waals surface area contributed by atoms with Crippen LogP contribution in [0.2, 0.25) is 0 Å². The summed E-state index contributed by atoms with van der Waals surface area (Å²) in [5.41, 5.74) is -2.80. The molecule has 0 aromatic carbocycles. The predicted octanol–water partition coefficient (Wildman–Crippen LogP) is 3.69. The Morgan fingerprint density at radius 3 is 1.50 bits per heavy atom. The average Bonchev–Trinajstić information content (AvgIpc) is 3.05. The molecule has 258 valence electrons. The normalized spacial score (nSPS) is 12.6. The van der Waals surface area contributed by atoms with Crippen LogP contribution in [0, 0.1) is 10.8 Å². The zero-order chi connectivity index (χ0) is 35.1. The largest absolute Gasteiger partial charge is 0.462 e. The van der Waals surface area contributed by atoms with Gasteiger partial charge < -0.3 is 33.2 Å².